The highest BCUT2D eigenvalue weighted by Crippen LogP contribution is 2.47. The molecule has 1 N–H and O–H groups in total. The molecule has 2 amide bonds. The number of urea groups is 1. The molecule has 4 nitrogen and oxygen atoms in total. The minimum absolute atomic E-state index is 0.250. The number of carbonyl (C=O) groups excluding carboxylic acids is 1. The van der Waals surface area contributed by atoms with E-state index >= 15 is 0 Å². The van der Waals surface area contributed by atoms with E-state index in [1.807, 2.05) is 6.07 Å². The van der Waals surface area contributed by atoms with Crippen molar-refractivity contribution in [1.29, 1.82) is 0 Å². The van der Waals surface area contributed by atoms with E-state index in [4.69, 9.17) is 23.2 Å². The van der Waals surface area contributed by atoms with Gasteiger partial charge in [-0.2, -0.15) is 0 Å². The van der Waals surface area contributed by atoms with E-state index in [0.29, 0.717) is 22.3 Å². The number of hydrogen-bond donors (Lipinski definition) is 1. The van der Waals surface area contributed by atoms with Crippen LogP contribution in [0.15, 0.2) is 66.7 Å². The zero-order chi connectivity index (χ0) is 23.0. The summed E-state index contributed by atoms with van der Waals surface area (Å²) in [4.78, 5) is 17.4. The van der Waals surface area contributed by atoms with Gasteiger partial charge in [-0.15, -0.1) is 0 Å². The minimum Gasteiger partial charge on any atom is -0.307 e. The van der Waals surface area contributed by atoms with Gasteiger partial charge in [0.15, 0.2) is 0 Å². The molecule has 3 aromatic rings. The third-order valence-corrected chi connectivity index (χ3v) is 7.50. The van der Waals surface area contributed by atoms with Crippen LogP contribution in [0.3, 0.4) is 0 Å². The van der Waals surface area contributed by atoms with E-state index < -0.39 is 0 Å². The van der Waals surface area contributed by atoms with Gasteiger partial charge >= 0.3 is 6.03 Å². The van der Waals surface area contributed by atoms with E-state index in [1.54, 1.807) is 35.2 Å². The molecular formula is C26H24Cl2FN3O. The maximum absolute atomic E-state index is 14.3. The summed E-state index contributed by atoms with van der Waals surface area (Å²) in [5.41, 5.74) is 3.29. The van der Waals surface area contributed by atoms with Crippen molar-refractivity contribution in [2.75, 3.05) is 29.9 Å². The topological polar surface area (TPSA) is 35.6 Å². The van der Waals surface area contributed by atoms with Gasteiger partial charge in [0.1, 0.15) is 5.82 Å². The Hall–Kier alpha value is -2.60. The molecule has 5 rings (SSSR count). The van der Waals surface area contributed by atoms with E-state index in [9.17, 15) is 9.18 Å². The first-order valence-electron chi connectivity index (χ1n) is 11.0. The first-order valence-corrected chi connectivity index (χ1v) is 11.8. The third kappa shape index (κ3) is 4.45. The number of amides is 2. The lowest BCUT2D eigenvalue weighted by Crippen LogP contribution is -2.46. The number of fused-ring (bicyclic) bond motifs is 2. The van der Waals surface area contributed by atoms with E-state index in [0.717, 1.165) is 43.7 Å². The molecule has 2 heterocycles. The number of anilines is 2. The summed E-state index contributed by atoms with van der Waals surface area (Å²) in [6.45, 7) is 3.22. The Morgan fingerprint density at radius 2 is 1.73 bits per heavy atom. The molecule has 2 aliphatic heterocycles. The van der Waals surface area contributed by atoms with Gasteiger partial charge in [-0.1, -0.05) is 53.5 Å². The lowest BCUT2D eigenvalue weighted by Gasteiger charge is -2.40. The number of nitrogens with zero attached hydrogens (tertiary/aromatic N) is 2. The van der Waals surface area contributed by atoms with Crippen LogP contribution in [0.25, 0.3) is 0 Å². The van der Waals surface area contributed by atoms with Crippen LogP contribution in [-0.2, 0) is 12.0 Å². The highest BCUT2D eigenvalue weighted by atomic mass is 35.5. The molecule has 3 aromatic carbocycles. The number of halogens is 3. The monoisotopic (exact) mass is 483 g/mol. The van der Waals surface area contributed by atoms with Crippen LogP contribution in [0.4, 0.5) is 20.6 Å². The molecule has 0 unspecified atom stereocenters. The number of likely N-dealkylation sites (tertiary alicyclic amines) is 1. The van der Waals surface area contributed by atoms with Gasteiger partial charge in [0.25, 0.3) is 0 Å². The van der Waals surface area contributed by atoms with Crippen molar-refractivity contribution in [1.82, 2.24) is 4.90 Å². The molecule has 33 heavy (non-hydrogen) atoms. The fourth-order valence-corrected chi connectivity index (χ4v) is 5.29. The largest absolute Gasteiger partial charge is 0.326 e. The second-order valence-electron chi connectivity index (χ2n) is 8.85. The number of benzene rings is 3. The summed E-state index contributed by atoms with van der Waals surface area (Å²) >= 11 is 12.1. The van der Waals surface area contributed by atoms with Crippen molar-refractivity contribution in [3.05, 3.63) is 93.7 Å². The van der Waals surface area contributed by atoms with Crippen LogP contribution < -0.4 is 10.2 Å². The Bertz CT molecular complexity index is 1180. The van der Waals surface area contributed by atoms with Gasteiger partial charge in [-0.25, -0.2) is 9.18 Å². The average molecular weight is 484 g/mol. The Morgan fingerprint density at radius 1 is 0.970 bits per heavy atom. The zero-order valence-corrected chi connectivity index (χ0v) is 19.5. The molecule has 1 saturated heterocycles. The predicted octanol–water partition coefficient (Wildman–Crippen LogP) is 6.72. The third-order valence-electron chi connectivity index (χ3n) is 6.76. The Morgan fingerprint density at radius 3 is 2.45 bits per heavy atom. The molecule has 1 spiro atoms. The molecule has 0 aromatic heterocycles. The van der Waals surface area contributed by atoms with Crippen LogP contribution in [0.1, 0.15) is 24.0 Å². The highest BCUT2D eigenvalue weighted by molar-refractivity contribution is 6.42. The van der Waals surface area contributed by atoms with Crippen molar-refractivity contribution in [2.24, 2.45) is 0 Å². The Kier molecular flexibility index (Phi) is 6.04. The molecule has 2 aliphatic rings. The SMILES string of the molecule is O=C(Nc1ccc(Cl)c(Cl)c1)N1CC2(CCN(Cc3ccccc3)CC2)c2cc(F)ccc21. The number of hydrogen-bond acceptors (Lipinski definition) is 2. The van der Waals surface area contributed by atoms with Gasteiger partial charge < -0.3 is 5.32 Å². The van der Waals surface area contributed by atoms with Crippen molar-refractivity contribution in [3.8, 4) is 0 Å². The highest BCUT2D eigenvalue weighted by Gasteiger charge is 2.46. The fraction of sp³-hybridized carbons (Fsp3) is 0.269. The molecular weight excluding hydrogens is 460 g/mol. The summed E-state index contributed by atoms with van der Waals surface area (Å²) in [7, 11) is 0. The lowest BCUT2D eigenvalue weighted by molar-refractivity contribution is 0.160. The average Bonchev–Trinajstić information content (AvgIpc) is 3.12. The fourth-order valence-electron chi connectivity index (χ4n) is 5.00. The lowest BCUT2D eigenvalue weighted by atomic mass is 9.74. The van der Waals surface area contributed by atoms with E-state index in [2.05, 4.69) is 34.5 Å². The summed E-state index contributed by atoms with van der Waals surface area (Å²) in [6, 6.07) is 19.9. The number of piperidine rings is 1. The summed E-state index contributed by atoms with van der Waals surface area (Å²) in [6.07, 6.45) is 1.74. The van der Waals surface area contributed by atoms with Crippen molar-refractivity contribution >= 4 is 40.6 Å². The first kappa shape index (κ1) is 22.2. The molecule has 7 heteroatoms. The quantitative estimate of drug-likeness (QED) is 0.448. The molecule has 0 saturated carbocycles. The maximum atomic E-state index is 14.3. The van der Waals surface area contributed by atoms with Crippen molar-refractivity contribution in [3.63, 3.8) is 0 Å². The molecule has 1 fully saturated rings. The predicted molar refractivity (Wildman–Crippen MR) is 132 cm³/mol. The van der Waals surface area contributed by atoms with E-state index in [-0.39, 0.29) is 17.3 Å². The normalized spacial score (nSPS) is 17.2. The summed E-state index contributed by atoms with van der Waals surface area (Å²) < 4.78 is 14.3. The molecule has 0 radical (unpaired) electrons. The van der Waals surface area contributed by atoms with E-state index in [1.165, 1.54) is 11.6 Å². The second-order valence-corrected chi connectivity index (χ2v) is 9.66. The number of carbonyl (C=O) groups is 1. The maximum Gasteiger partial charge on any atom is 0.326 e. The molecule has 0 aliphatic carbocycles. The van der Waals surface area contributed by atoms with Crippen LogP contribution in [0.5, 0.6) is 0 Å². The van der Waals surface area contributed by atoms with Crippen molar-refractivity contribution < 1.29 is 9.18 Å². The van der Waals surface area contributed by atoms with Crippen LogP contribution >= 0.6 is 23.2 Å². The van der Waals surface area contributed by atoms with Crippen LogP contribution in [-0.4, -0.2) is 30.6 Å². The molecule has 0 atom stereocenters. The van der Waals surface area contributed by atoms with Crippen LogP contribution in [0, 0.1) is 5.82 Å². The van der Waals surface area contributed by atoms with Gasteiger partial charge in [0, 0.05) is 29.9 Å². The van der Waals surface area contributed by atoms with Crippen molar-refractivity contribution in [2.45, 2.75) is 24.8 Å². The molecule has 0 bridgehead atoms. The minimum atomic E-state index is -0.272. The van der Waals surface area contributed by atoms with Gasteiger partial charge in [0.2, 0.25) is 0 Å². The Labute approximate surface area is 202 Å². The first-order chi connectivity index (χ1) is 15.9. The van der Waals surface area contributed by atoms with Crippen LogP contribution in [0.2, 0.25) is 10.0 Å². The second kappa shape index (κ2) is 8.98. The standard InChI is InChI=1S/C26H24Cl2FN3O/c27-22-8-7-20(15-23(22)28)30-25(33)32-17-26(21-14-19(29)6-9-24(21)32)10-12-31(13-11-26)16-18-4-2-1-3-5-18/h1-9,14-15H,10-13,16-17H2,(H,30,33). The van der Waals surface area contributed by atoms with Gasteiger partial charge in [-0.05, 0) is 73.5 Å². The summed E-state index contributed by atoms with van der Waals surface area (Å²) in [5.74, 6) is -0.272. The number of nitrogens with one attached hydrogen (secondary N) is 1. The smallest absolute Gasteiger partial charge is 0.307 e. The van der Waals surface area contributed by atoms with Gasteiger partial charge in [0.05, 0.1) is 10.0 Å². The number of rotatable bonds is 3. The van der Waals surface area contributed by atoms with Gasteiger partial charge in [-0.3, -0.25) is 9.80 Å². The zero-order valence-electron chi connectivity index (χ0n) is 18.0. The Balaban J connectivity index is 1.35. The molecule has 170 valence electrons. The summed E-state index contributed by atoms with van der Waals surface area (Å²) in [5, 5.41) is 3.71.